The highest BCUT2D eigenvalue weighted by Gasteiger charge is 2.30. The van der Waals surface area contributed by atoms with Crippen molar-refractivity contribution in [3.05, 3.63) is 76.8 Å². The Hall–Kier alpha value is -2.98. The van der Waals surface area contributed by atoms with Crippen LogP contribution in [0.5, 0.6) is 11.5 Å². The molecule has 0 radical (unpaired) electrons. The molecule has 0 aliphatic carbocycles. The number of rotatable bonds is 2. The van der Waals surface area contributed by atoms with Crippen LogP contribution in [0.15, 0.2) is 60.7 Å². The van der Waals surface area contributed by atoms with Crippen LogP contribution in [0.25, 0.3) is 11.1 Å². The van der Waals surface area contributed by atoms with Crippen molar-refractivity contribution in [2.24, 2.45) is 0 Å². The molecule has 1 unspecified atom stereocenters. The van der Waals surface area contributed by atoms with Gasteiger partial charge in [-0.3, -0.25) is 4.79 Å². The first-order valence-corrected chi connectivity index (χ1v) is 9.57. The van der Waals surface area contributed by atoms with E-state index in [0.717, 1.165) is 35.2 Å². The van der Waals surface area contributed by atoms with E-state index in [2.05, 4.69) is 6.07 Å². The molecule has 0 spiro atoms. The van der Waals surface area contributed by atoms with E-state index in [-0.39, 0.29) is 29.0 Å². The average molecular weight is 394 g/mol. The van der Waals surface area contributed by atoms with Gasteiger partial charge >= 0.3 is 0 Å². The smallest absolute Gasteiger partial charge is 0.262 e. The summed E-state index contributed by atoms with van der Waals surface area (Å²) in [4.78, 5) is 14.9. The van der Waals surface area contributed by atoms with E-state index in [1.54, 1.807) is 4.90 Å². The predicted molar refractivity (Wildman–Crippen MR) is 111 cm³/mol. The van der Waals surface area contributed by atoms with Gasteiger partial charge in [-0.25, -0.2) is 0 Å². The number of hydrogen-bond donors (Lipinski definition) is 2. The molecule has 142 valence electrons. The first-order valence-electron chi connectivity index (χ1n) is 9.19. The summed E-state index contributed by atoms with van der Waals surface area (Å²) in [7, 11) is 0. The molecule has 0 aromatic heterocycles. The first kappa shape index (κ1) is 18.4. The number of aryl methyl sites for hydroxylation is 1. The Morgan fingerprint density at radius 3 is 2.61 bits per heavy atom. The fourth-order valence-corrected chi connectivity index (χ4v) is 4.00. The molecule has 1 aliphatic heterocycles. The minimum absolute atomic E-state index is 0.000587. The van der Waals surface area contributed by atoms with E-state index >= 15 is 0 Å². The zero-order valence-electron chi connectivity index (χ0n) is 15.4. The lowest BCUT2D eigenvalue weighted by Gasteiger charge is -2.35. The number of hydrogen-bond acceptors (Lipinski definition) is 3. The monoisotopic (exact) mass is 393 g/mol. The van der Waals surface area contributed by atoms with Crippen LogP contribution < -0.4 is 4.90 Å². The van der Waals surface area contributed by atoms with E-state index in [4.69, 9.17) is 11.6 Å². The fraction of sp³-hybridized carbons (Fsp3) is 0.174. The van der Waals surface area contributed by atoms with Crippen molar-refractivity contribution in [3.8, 4) is 22.6 Å². The van der Waals surface area contributed by atoms with Gasteiger partial charge in [-0.15, -0.1) is 0 Å². The van der Waals surface area contributed by atoms with Gasteiger partial charge < -0.3 is 15.1 Å². The Labute approximate surface area is 168 Å². The molecule has 3 aromatic carbocycles. The van der Waals surface area contributed by atoms with Crippen molar-refractivity contribution in [1.82, 2.24) is 0 Å². The van der Waals surface area contributed by atoms with Gasteiger partial charge in [0.15, 0.2) is 0 Å². The molecule has 2 N–H and O–H groups in total. The zero-order valence-corrected chi connectivity index (χ0v) is 16.1. The van der Waals surface area contributed by atoms with Gasteiger partial charge in [0.1, 0.15) is 11.5 Å². The highest BCUT2D eigenvalue weighted by atomic mass is 35.5. The van der Waals surface area contributed by atoms with E-state index < -0.39 is 0 Å². The SMILES string of the molecule is CC1CCc2cc(-c3ccccc3Cl)ccc2N1C(=O)c1ccc(O)cc1O. The average Bonchev–Trinajstić information content (AvgIpc) is 2.67. The van der Waals surface area contributed by atoms with Crippen LogP contribution in [0.2, 0.25) is 5.02 Å². The van der Waals surface area contributed by atoms with Crippen LogP contribution in [0.4, 0.5) is 5.69 Å². The number of fused-ring (bicyclic) bond motifs is 1. The summed E-state index contributed by atoms with van der Waals surface area (Å²) in [6.45, 7) is 2.00. The third kappa shape index (κ3) is 3.20. The van der Waals surface area contributed by atoms with Gasteiger partial charge in [0.2, 0.25) is 0 Å². The lowest BCUT2D eigenvalue weighted by atomic mass is 9.92. The second-order valence-corrected chi connectivity index (χ2v) is 7.49. The van der Waals surface area contributed by atoms with Gasteiger partial charge in [-0.05, 0) is 61.2 Å². The van der Waals surface area contributed by atoms with Gasteiger partial charge in [0, 0.05) is 28.4 Å². The Morgan fingerprint density at radius 1 is 1.07 bits per heavy atom. The van der Waals surface area contributed by atoms with E-state index in [1.807, 2.05) is 43.3 Å². The van der Waals surface area contributed by atoms with Crippen LogP contribution in [0.3, 0.4) is 0 Å². The zero-order chi connectivity index (χ0) is 19.8. The number of phenolic OH excluding ortho intramolecular Hbond substituents is 2. The molecule has 3 aromatic rings. The van der Waals surface area contributed by atoms with E-state index in [9.17, 15) is 15.0 Å². The molecule has 0 saturated heterocycles. The Balaban J connectivity index is 1.76. The third-order valence-electron chi connectivity index (χ3n) is 5.23. The summed E-state index contributed by atoms with van der Waals surface area (Å²) < 4.78 is 0. The number of amides is 1. The number of phenols is 2. The Morgan fingerprint density at radius 2 is 1.86 bits per heavy atom. The van der Waals surface area contributed by atoms with Crippen LogP contribution >= 0.6 is 11.6 Å². The summed E-state index contributed by atoms with van der Waals surface area (Å²) in [6.07, 6.45) is 1.68. The number of halogens is 1. The third-order valence-corrected chi connectivity index (χ3v) is 5.56. The van der Waals surface area contributed by atoms with Crippen molar-refractivity contribution in [2.45, 2.75) is 25.8 Å². The summed E-state index contributed by atoms with van der Waals surface area (Å²) >= 11 is 6.34. The summed E-state index contributed by atoms with van der Waals surface area (Å²) in [5, 5.41) is 20.3. The highest BCUT2D eigenvalue weighted by molar-refractivity contribution is 6.33. The van der Waals surface area contributed by atoms with Crippen molar-refractivity contribution in [1.29, 1.82) is 0 Å². The van der Waals surface area contributed by atoms with Crippen molar-refractivity contribution >= 4 is 23.2 Å². The maximum absolute atomic E-state index is 13.2. The Kier molecular flexibility index (Phi) is 4.73. The lowest BCUT2D eigenvalue weighted by molar-refractivity contribution is 0.0972. The fourth-order valence-electron chi connectivity index (χ4n) is 3.75. The molecule has 4 nitrogen and oxygen atoms in total. The van der Waals surface area contributed by atoms with Crippen molar-refractivity contribution in [2.75, 3.05) is 4.90 Å². The minimum atomic E-state index is -0.281. The quantitative estimate of drug-likeness (QED) is 0.612. The van der Waals surface area contributed by atoms with Gasteiger partial charge in [0.05, 0.1) is 5.56 Å². The number of carbonyl (C=O) groups is 1. The molecular weight excluding hydrogens is 374 g/mol. The standard InChI is InChI=1S/C23H20ClNO3/c1-14-6-7-16-12-15(18-4-2-3-5-20(18)24)8-11-21(16)25(14)23(28)19-10-9-17(26)13-22(19)27/h2-5,8-14,26-27H,6-7H2,1H3. The molecule has 0 fully saturated rings. The molecule has 1 atom stereocenters. The molecule has 0 saturated carbocycles. The molecule has 28 heavy (non-hydrogen) atoms. The molecule has 1 heterocycles. The largest absolute Gasteiger partial charge is 0.508 e. The second-order valence-electron chi connectivity index (χ2n) is 7.09. The van der Waals surface area contributed by atoms with Crippen molar-refractivity contribution < 1.29 is 15.0 Å². The number of benzene rings is 3. The summed E-state index contributed by atoms with van der Waals surface area (Å²) in [5.74, 6) is -0.584. The molecule has 4 rings (SSSR count). The van der Waals surface area contributed by atoms with Crippen LogP contribution in [-0.4, -0.2) is 22.2 Å². The number of nitrogens with zero attached hydrogens (tertiary/aromatic N) is 1. The lowest BCUT2D eigenvalue weighted by Crippen LogP contribution is -2.42. The van der Waals surface area contributed by atoms with Crippen LogP contribution in [0, 0.1) is 0 Å². The maximum Gasteiger partial charge on any atom is 0.262 e. The molecule has 0 bridgehead atoms. The van der Waals surface area contributed by atoms with Gasteiger partial charge in [0.25, 0.3) is 5.91 Å². The summed E-state index contributed by atoms with van der Waals surface area (Å²) in [6, 6.07) is 17.7. The van der Waals surface area contributed by atoms with Crippen LogP contribution in [-0.2, 0) is 6.42 Å². The molecule has 1 aliphatic rings. The number of carbonyl (C=O) groups excluding carboxylic acids is 1. The number of anilines is 1. The van der Waals surface area contributed by atoms with Crippen molar-refractivity contribution in [3.63, 3.8) is 0 Å². The predicted octanol–water partition coefficient (Wildman–Crippen LogP) is 5.40. The topological polar surface area (TPSA) is 60.8 Å². The van der Waals surface area contributed by atoms with E-state index in [0.29, 0.717) is 5.02 Å². The minimum Gasteiger partial charge on any atom is -0.508 e. The molecule has 5 heteroatoms. The first-order chi connectivity index (χ1) is 13.5. The van der Waals surface area contributed by atoms with Gasteiger partial charge in [-0.2, -0.15) is 0 Å². The second kappa shape index (κ2) is 7.21. The highest BCUT2D eigenvalue weighted by Crippen LogP contribution is 2.37. The van der Waals surface area contributed by atoms with E-state index in [1.165, 1.54) is 18.2 Å². The van der Waals surface area contributed by atoms with Crippen LogP contribution in [0.1, 0.15) is 29.3 Å². The Bertz CT molecular complexity index is 1060. The summed E-state index contributed by atoms with van der Waals surface area (Å²) in [5.41, 5.74) is 4.06. The maximum atomic E-state index is 13.2. The number of aromatic hydroxyl groups is 2. The normalized spacial score (nSPS) is 15.9. The van der Waals surface area contributed by atoms with Gasteiger partial charge in [-0.1, -0.05) is 35.9 Å². The molecular formula is C23H20ClNO3. The molecule has 1 amide bonds.